The fourth-order valence-corrected chi connectivity index (χ4v) is 3.94. The Morgan fingerprint density at radius 2 is 1.82 bits per heavy atom. The summed E-state index contributed by atoms with van der Waals surface area (Å²) in [7, 11) is 1.88. The molecule has 1 aromatic heterocycles. The Balaban J connectivity index is 1.86. The van der Waals surface area contributed by atoms with Crippen molar-refractivity contribution in [2.45, 2.75) is 71.7 Å². The van der Waals surface area contributed by atoms with Crippen molar-refractivity contribution in [1.82, 2.24) is 20.5 Å². The van der Waals surface area contributed by atoms with Gasteiger partial charge in [0.25, 0.3) is 0 Å². The molecule has 0 radical (unpaired) electrons. The zero-order valence-corrected chi connectivity index (χ0v) is 20.6. The van der Waals surface area contributed by atoms with Crippen molar-refractivity contribution in [3.8, 4) is 11.3 Å². The van der Waals surface area contributed by atoms with E-state index in [4.69, 9.17) is 14.1 Å². The van der Waals surface area contributed by atoms with Crippen LogP contribution in [-0.4, -0.2) is 53.2 Å². The molecule has 33 heavy (non-hydrogen) atoms. The number of hydrogen-bond donors (Lipinski definition) is 2. The number of nitrogens with zero attached hydrogens (tertiary/aromatic N) is 2. The highest BCUT2D eigenvalue weighted by molar-refractivity contribution is 5.87. The number of aromatic nitrogens is 1. The number of oxazole rings is 1. The van der Waals surface area contributed by atoms with Crippen molar-refractivity contribution < 1.29 is 18.7 Å². The van der Waals surface area contributed by atoms with E-state index in [0.29, 0.717) is 18.9 Å². The van der Waals surface area contributed by atoms with Crippen LogP contribution in [0.2, 0.25) is 0 Å². The summed E-state index contributed by atoms with van der Waals surface area (Å²) in [6.07, 6.45) is 1.68. The maximum Gasteiger partial charge on any atom is 0.408 e. The average Bonchev–Trinajstić information content (AvgIpc) is 3.37. The summed E-state index contributed by atoms with van der Waals surface area (Å²) >= 11 is 0. The van der Waals surface area contributed by atoms with E-state index in [-0.39, 0.29) is 18.0 Å². The number of amides is 2. The number of likely N-dealkylation sites (N-methyl/N-ethyl adjacent to an activating group) is 1. The van der Waals surface area contributed by atoms with Gasteiger partial charge in [-0.15, -0.1) is 0 Å². The summed E-state index contributed by atoms with van der Waals surface area (Å²) < 4.78 is 11.3. The van der Waals surface area contributed by atoms with Crippen molar-refractivity contribution in [2.24, 2.45) is 5.41 Å². The fraction of sp³-hybridized carbons (Fsp3) is 0.560. The van der Waals surface area contributed by atoms with Crippen LogP contribution in [0.1, 0.15) is 59.9 Å². The minimum absolute atomic E-state index is 0.0909. The number of carbonyl (C=O) groups is 2. The van der Waals surface area contributed by atoms with Crippen molar-refractivity contribution >= 4 is 12.0 Å². The summed E-state index contributed by atoms with van der Waals surface area (Å²) in [4.78, 5) is 32.7. The SMILES string of the molecule is CNC1CC(c2nc(-c3ccccc3)co2)N(C(=O)C(NC(=O)OC(C)(C)C)C(C)(C)C)C1. The second-order valence-electron chi connectivity index (χ2n) is 10.6. The van der Waals surface area contributed by atoms with Gasteiger partial charge in [0.15, 0.2) is 0 Å². The number of alkyl carbamates (subject to hydrolysis) is 1. The lowest BCUT2D eigenvalue weighted by Crippen LogP contribution is -2.55. The van der Waals surface area contributed by atoms with Crippen LogP contribution < -0.4 is 10.6 Å². The maximum atomic E-state index is 13.8. The molecule has 1 fully saturated rings. The molecule has 2 N–H and O–H groups in total. The number of nitrogens with one attached hydrogen (secondary N) is 2. The molecule has 0 aliphatic carbocycles. The van der Waals surface area contributed by atoms with Crippen LogP contribution >= 0.6 is 0 Å². The molecule has 1 saturated heterocycles. The molecule has 0 bridgehead atoms. The first-order chi connectivity index (χ1) is 15.4. The third-order valence-electron chi connectivity index (χ3n) is 5.64. The monoisotopic (exact) mass is 456 g/mol. The van der Waals surface area contributed by atoms with Crippen molar-refractivity contribution in [3.63, 3.8) is 0 Å². The number of carbonyl (C=O) groups excluding carboxylic acids is 2. The van der Waals surface area contributed by atoms with Gasteiger partial charge < -0.3 is 24.7 Å². The number of hydrogen-bond acceptors (Lipinski definition) is 6. The first-order valence-electron chi connectivity index (χ1n) is 11.4. The number of likely N-dealkylation sites (tertiary alicyclic amines) is 1. The lowest BCUT2D eigenvalue weighted by molar-refractivity contribution is -0.137. The Morgan fingerprint density at radius 3 is 2.39 bits per heavy atom. The molecular weight excluding hydrogens is 420 g/mol. The molecule has 2 heterocycles. The Kier molecular flexibility index (Phi) is 7.17. The highest BCUT2D eigenvalue weighted by atomic mass is 16.6. The molecule has 8 heteroatoms. The lowest BCUT2D eigenvalue weighted by atomic mass is 9.85. The molecule has 1 aliphatic rings. The van der Waals surface area contributed by atoms with Crippen molar-refractivity contribution in [1.29, 1.82) is 0 Å². The Bertz CT molecular complexity index is 959. The predicted molar refractivity (Wildman–Crippen MR) is 126 cm³/mol. The predicted octanol–water partition coefficient (Wildman–Crippen LogP) is 4.14. The van der Waals surface area contributed by atoms with E-state index in [9.17, 15) is 9.59 Å². The molecule has 2 amide bonds. The molecule has 0 spiro atoms. The molecule has 180 valence electrons. The lowest BCUT2D eigenvalue weighted by Gasteiger charge is -2.35. The van der Waals surface area contributed by atoms with Crippen LogP contribution in [0.3, 0.4) is 0 Å². The minimum atomic E-state index is -0.769. The third kappa shape index (κ3) is 6.13. The summed E-state index contributed by atoms with van der Waals surface area (Å²) in [5.41, 5.74) is 0.495. The quantitative estimate of drug-likeness (QED) is 0.702. The summed E-state index contributed by atoms with van der Waals surface area (Å²) in [6, 6.07) is 8.76. The molecule has 2 aromatic rings. The van der Waals surface area contributed by atoms with E-state index in [1.807, 2.05) is 58.2 Å². The van der Waals surface area contributed by atoms with Gasteiger partial charge >= 0.3 is 6.09 Å². The van der Waals surface area contributed by atoms with E-state index < -0.39 is 23.2 Å². The van der Waals surface area contributed by atoms with Gasteiger partial charge in [0.2, 0.25) is 11.8 Å². The third-order valence-corrected chi connectivity index (χ3v) is 5.64. The topological polar surface area (TPSA) is 96.7 Å². The second-order valence-corrected chi connectivity index (χ2v) is 10.6. The van der Waals surface area contributed by atoms with Gasteiger partial charge in [-0.1, -0.05) is 51.1 Å². The van der Waals surface area contributed by atoms with E-state index in [0.717, 1.165) is 11.3 Å². The van der Waals surface area contributed by atoms with Gasteiger partial charge in [-0.05, 0) is 39.7 Å². The van der Waals surface area contributed by atoms with Crippen molar-refractivity contribution in [3.05, 3.63) is 42.5 Å². The van der Waals surface area contributed by atoms with Gasteiger partial charge in [-0.25, -0.2) is 9.78 Å². The van der Waals surface area contributed by atoms with Gasteiger partial charge in [-0.3, -0.25) is 4.79 Å². The largest absolute Gasteiger partial charge is 0.446 e. The van der Waals surface area contributed by atoms with Crippen LogP contribution in [0.4, 0.5) is 4.79 Å². The Labute approximate surface area is 196 Å². The van der Waals surface area contributed by atoms with Crippen molar-refractivity contribution in [2.75, 3.05) is 13.6 Å². The highest BCUT2D eigenvalue weighted by Gasteiger charge is 2.44. The number of benzene rings is 1. The standard InChI is InChI=1S/C25H36N4O4/c1-24(2,3)20(28-23(31)33-25(4,5)6)22(30)29-14-17(26-7)13-19(29)21-27-18(15-32-21)16-11-9-8-10-12-16/h8-12,15,17,19-20,26H,13-14H2,1-7H3,(H,28,31). The van der Waals surface area contributed by atoms with Gasteiger partial charge in [0.05, 0.1) is 0 Å². The van der Waals surface area contributed by atoms with E-state index in [2.05, 4.69) is 10.6 Å². The summed E-state index contributed by atoms with van der Waals surface area (Å²) in [5.74, 6) is 0.306. The molecule has 8 nitrogen and oxygen atoms in total. The average molecular weight is 457 g/mol. The van der Waals surface area contributed by atoms with E-state index in [1.165, 1.54) is 0 Å². The Hall–Kier alpha value is -2.87. The van der Waals surface area contributed by atoms with E-state index >= 15 is 0 Å². The van der Waals surface area contributed by atoms with Crippen LogP contribution in [0.15, 0.2) is 41.0 Å². The molecule has 0 saturated carbocycles. The first kappa shape index (κ1) is 24.8. The highest BCUT2D eigenvalue weighted by Crippen LogP contribution is 2.35. The maximum absolute atomic E-state index is 13.8. The molecule has 3 unspecified atom stereocenters. The Morgan fingerprint density at radius 1 is 1.15 bits per heavy atom. The van der Waals surface area contributed by atoms with Crippen LogP contribution in [0.25, 0.3) is 11.3 Å². The van der Waals surface area contributed by atoms with Gasteiger partial charge in [-0.2, -0.15) is 0 Å². The smallest absolute Gasteiger partial charge is 0.408 e. The summed E-state index contributed by atoms with van der Waals surface area (Å²) in [6.45, 7) is 11.6. The molecule has 1 aromatic carbocycles. The fourth-order valence-electron chi connectivity index (χ4n) is 3.94. The first-order valence-corrected chi connectivity index (χ1v) is 11.4. The minimum Gasteiger partial charge on any atom is -0.446 e. The van der Waals surface area contributed by atoms with Crippen LogP contribution in [-0.2, 0) is 9.53 Å². The normalized spacial score (nSPS) is 19.9. The van der Waals surface area contributed by atoms with Gasteiger partial charge in [0, 0.05) is 18.2 Å². The second kappa shape index (κ2) is 9.55. The summed E-state index contributed by atoms with van der Waals surface area (Å²) in [5, 5.41) is 6.06. The number of ether oxygens (including phenoxy) is 1. The zero-order chi connectivity index (χ0) is 24.4. The molecule has 1 aliphatic heterocycles. The number of rotatable bonds is 5. The zero-order valence-electron chi connectivity index (χ0n) is 20.6. The van der Waals surface area contributed by atoms with E-state index in [1.54, 1.807) is 31.9 Å². The van der Waals surface area contributed by atoms with Crippen LogP contribution in [0, 0.1) is 5.41 Å². The molecular formula is C25H36N4O4. The van der Waals surface area contributed by atoms with Gasteiger partial charge in [0.1, 0.15) is 29.6 Å². The molecule has 3 atom stereocenters. The molecule has 3 rings (SSSR count). The van der Waals surface area contributed by atoms with Crippen LogP contribution in [0.5, 0.6) is 0 Å².